The van der Waals surface area contributed by atoms with Crippen LogP contribution in [0.2, 0.25) is 0 Å². The average molecular weight is 391 g/mol. The van der Waals surface area contributed by atoms with E-state index in [4.69, 9.17) is 14.2 Å². The molecule has 3 rings (SSSR count). The standard InChI is InChI=1S/C19H25N3O4S/c1-12-8-22(9-13(2)26-12)10-14-11-27-19(20-14)21-18(23)16-6-5-15(24-3)7-17(16)25-4/h5-7,11-13H,8-10H2,1-4H3,(H,20,21,23)/t12-,13+. The molecule has 1 saturated heterocycles. The van der Waals surface area contributed by atoms with E-state index in [9.17, 15) is 4.79 Å². The van der Waals surface area contributed by atoms with Gasteiger partial charge < -0.3 is 14.2 Å². The lowest BCUT2D eigenvalue weighted by molar-refractivity contribution is -0.0707. The van der Waals surface area contributed by atoms with E-state index in [2.05, 4.69) is 29.0 Å². The molecule has 1 fully saturated rings. The van der Waals surface area contributed by atoms with Crippen LogP contribution in [0.15, 0.2) is 23.6 Å². The summed E-state index contributed by atoms with van der Waals surface area (Å²) in [6, 6.07) is 5.09. The smallest absolute Gasteiger partial charge is 0.261 e. The number of rotatable bonds is 6. The quantitative estimate of drug-likeness (QED) is 0.816. The lowest BCUT2D eigenvalue weighted by Gasteiger charge is -2.34. The van der Waals surface area contributed by atoms with Crippen molar-refractivity contribution >= 4 is 22.4 Å². The fraction of sp³-hybridized carbons (Fsp3) is 0.474. The minimum Gasteiger partial charge on any atom is -0.497 e. The summed E-state index contributed by atoms with van der Waals surface area (Å²) in [5.41, 5.74) is 1.38. The van der Waals surface area contributed by atoms with Crippen LogP contribution in [0.3, 0.4) is 0 Å². The maximum Gasteiger partial charge on any atom is 0.261 e. The number of aromatic nitrogens is 1. The first-order valence-electron chi connectivity index (χ1n) is 8.84. The Kier molecular flexibility index (Phi) is 6.30. The summed E-state index contributed by atoms with van der Waals surface area (Å²) in [5.74, 6) is 0.831. The Morgan fingerprint density at radius 2 is 2.04 bits per heavy atom. The van der Waals surface area contributed by atoms with Gasteiger partial charge in [0.15, 0.2) is 5.13 Å². The van der Waals surface area contributed by atoms with E-state index < -0.39 is 0 Å². The van der Waals surface area contributed by atoms with Gasteiger partial charge in [-0.3, -0.25) is 15.0 Å². The molecule has 1 aliphatic rings. The van der Waals surface area contributed by atoms with Crippen LogP contribution in [0.25, 0.3) is 0 Å². The third-order valence-electron chi connectivity index (χ3n) is 4.31. The predicted octanol–water partition coefficient (Wildman–Crippen LogP) is 3.02. The van der Waals surface area contributed by atoms with Crippen molar-refractivity contribution in [2.75, 3.05) is 32.6 Å². The molecule has 0 spiro atoms. The number of thiazole rings is 1. The van der Waals surface area contributed by atoms with Crippen molar-refractivity contribution < 1.29 is 19.0 Å². The number of nitrogens with zero attached hydrogens (tertiary/aromatic N) is 2. The van der Waals surface area contributed by atoms with Gasteiger partial charge in [-0.1, -0.05) is 0 Å². The first-order valence-corrected chi connectivity index (χ1v) is 9.72. The molecule has 0 radical (unpaired) electrons. The number of hydrogen-bond donors (Lipinski definition) is 1. The molecule has 2 atom stereocenters. The van der Waals surface area contributed by atoms with Crippen LogP contribution in [0.1, 0.15) is 29.9 Å². The van der Waals surface area contributed by atoms with Gasteiger partial charge in [-0.15, -0.1) is 11.3 Å². The molecular weight excluding hydrogens is 366 g/mol. The van der Waals surface area contributed by atoms with Crippen LogP contribution in [-0.2, 0) is 11.3 Å². The summed E-state index contributed by atoms with van der Waals surface area (Å²) in [7, 11) is 3.10. The Labute approximate surface area is 163 Å². The molecule has 1 aliphatic heterocycles. The summed E-state index contributed by atoms with van der Waals surface area (Å²) >= 11 is 1.42. The van der Waals surface area contributed by atoms with Crippen LogP contribution < -0.4 is 14.8 Å². The molecule has 1 N–H and O–H groups in total. The van der Waals surface area contributed by atoms with E-state index in [1.165, 1.54) is 18.4 Å². The Morgan fingerprint density at radius 1 is 1.30 bits per heavy atom. The van der Waals surface area contributed by atoms with E-state index in [-0.39, 0.29) is 18.1 Å². The zero-order valence-electron chi connectivity index (χ0n) is 16.0. The molecule has 2 heterocycles. The Hall–Kier alpha value is -2.16. The maximum atomic E-state index is 12.6. The van der Waals surface area contributed by atoms with Gasteiger partial charge in [0, 0.05) is 31.1 Å². The van der Waals surface area contributed by atoms with Gasteiger partial charge in [0.2, 0.25) is 0 Å². The molecule has 0 unspecified atom stereocenters. The molecule has 1 aromatic heterocycles. The minimum absolute atomic E-state index is 0.217. The molecule has 0 aliphatic carbocycles. The summed E-state index contributed by atoms with van der Waals surface area (Å²) in [6.07, 6.45) is 0.434. The average Bonchev–Trinajstić information content (AvgIpc) is 3.06. The van der Waals surface area contributed by atoms with E-state index in [1.807, 2.05) is 5.38 Å². The molecule has 8 heteroatoms. The second-order valence-corrected chi connectivity index (χ2v) is 7.47. The summed E-state index contributed by atoms with van der Waals surface area (Å²) in [4.78, 5) is 19.5. The number of ether oxygens (including phenoxy) is 3. The number of nitrogens with one attached hydrogen (secondary N) is 1. The Balaban J connectivity index is 1.64. The number of morpholine rings is 1. The Morgan fingerprint density at radius 3 is 2.70 bits per heavy atom. The van der Waals surface area contributed by atoms with Crippen molar-refractivity contribution in [2.45, 2.75) is 32.6 Å². The summed E-state index contributed by atoms with van der Waals surface area (Å²) < 4.78 is 16.2. The highest BCUT2D eigenvalue weighted by atomic mass is 32.1. The van der Waals surface area contributed by atoms with Crippen LogP contribution in [0, 0.1) is 0 Å². The van der Waals surface area contributed by atoms with E-state index in [0.29, 0.717) is 22.2 Å². The molecule has 7 nitrogen and oxygen atoms in total. The predicted molar refractivity (Wildman–Crippen MR) is 105 cm³/mol. The van der Waals surface area contributed by atoms with Crippen molar-refractivity contribution in [2.24, 2.45) is 0 Å². The second kappa shape index (κ2) is 8.69. The number of methoxy groups -OCH3 is 2. The van der Waals surface area contributed by atoms with E-state index in [1.54, 1.807) is 25.3 Å². The number of carbonyl (C=O) groups is 1. The van der Waals surface area contributed by atoms with Gasteiger partial charge in [0.25, 0.3) is 5.91 Å². The van der Waals surface area contributed by atoms with E-state index >= 15 is 0 Å². The lowest BCUT2D eigenvalue weighted by Crippen LogP contribution is -2.44. The van der Waals surface area contributed by atoms with Gasteiger partial charge in [-0.05, 0) is 26.0 Å². The zero-order chi connectivity index (χ0) is 19.4. The number of carbonyl (C=O) groups excluding carboxylic acids is 1. The van der Waals surface area contributed by atoms with Crippen molar-refractivity contribution in [3.8, 4) is 11.5 Å². The molecule has 27 heavy (non-hydrogen) atoms. The number of anilines is 1. The van der Waals surface area contributed by atoms with Crippen LogP contribution in [0.5, 0.6) is 11.5 Å². The molecule has 0 bridgehead atoms. The monoisotopic (exact) mass is 391 g/mol. The number of amides is 1. The van der Waals surface area contributed by atoms with Crippen molar-refractivity contribution in [3.05, 3.63) is 34.8 Å². The topological polar surface area (TPSA) is 72.9 Å². The van der Waals surface area contributed by atoms with Gasteiger partial charge >= 0.3 is 0 Å². The number of benzene rings is 1. The largest absolute Gasteiger partial charge is 0.497 e. The lowest BCUT2D eigenvalue weighted by atomic mass is 10.2. The highest BCUT2D eigenvalue weighted by Crippen LogP contribution is 2.26. The van der Waals surface area contributed by atoms with Crippen molar-refractivity contribution in [3.63, 3.8) is 0 Å². The molecule has 146 valence electrons. The molecule has 1 aromatic carbocycles. The summed E-state index contributed by atoms with van der Waals surface area (Å²) in [5, 5.41) is 5.40. The SMILES string of the molecule is COc1ccc(C(=O)Nc2nc(CN3C[C@@H](C)O[C@@H](C)C3)cs2)c(OC)c1. The van der Waals surface area contributed by atoms with E-state index in [0.717, 1.165) is 25.3 Å². The first-order chi connectivity index (χ1) is 13.0. The first kappa shape index (κ1) is 19.6. The highest BCUT2D eigenvalue weighted by molar-refractivity contribution is 7.14. The molecule has 1 amide bonds. The van der Waals surface area contributed by atoms with Crippen LogP contribution in [0.4, 0.5) is 5.13 Å². The molecule has 2 aromatic rings. The van der Waals surface area contributed by atoms with Gasteiger partial charge in [-0.25, -0.2) is 4.98 Å². The highest BCUT2D eigenvalue weighted by Gasteiger charge is 2.23. The second-order valence-electron chi connectivity index (χ2n) is 6.62. The normalized spacial score (nSPS) is 20.3. The third-order valence-corrected chi connectivity index (χ3v) is 5.11. The molecular formula is C19H25N3O4S. The van der Waals surface area contributed by atoms with Gasteiger partial charge in [-0.2, -0.15) is 0 Å². The van der Waals surface area contributed by atoms with Crippen molar-refractivity contribution in [1.29, 1.82) is 0 Å². The summed E-state index contributed by atoms with van der Waals surface area (Å²) in [6.45, 7) is 6.67. The maximum absolute atomic E-state index is 12.6. The fourth-order valence-electron chi connectivity index (χ4n) is 3.23. The Bertz CT molecular complexity index is 785. The van der Waals surface area contributed by atoms with Crippen LogP contribution in [-0.4, -0.2) is 55.3 Å². The minimum atomic E-state index is -0.260. The van der Waals surface area contributed by atoms with Gasteiger partial charge in [0.1, 0.15) is 11.5 Å². The molecule has 0 saturated carbocycles. The van der Waals surface area contributed by atoms with Crippen LogP contribution >= 0.6 is 11.3 Å². The van der Waals surface area contributed by atoms with Gasteiger partial charge in [0.05, 0.1) is 37.7 Å². The fourth-order valence-corrected chi connectivity index (χ4v) is 3.93. The zero-order valence-corrected chi connectivity index (χ0v) is 16.8. The number of hydrogen-bond acceptors (Lipinski definition) is 7. The third kappa shape index (κ3) is 4.97. The van der Waals surface area contributed by atoms with Crippen molar-refractivity contribution in [1.82, 2.24) is 9.88 Å².